The molecule has 0 aliphatic heterocycles. The average molecular weight is 347 g/mol. The van der Waals surface area contributed by atoms with Crippen LogP contribution in [0.2, 0.25) is 15.8 Å². The van der Waals surface area contributed by atoms with Crippen LogP contribution in [-0.4, -0.2) is 13.3 Å². The molecule has 0 radical (unpaired) electrons. The molecular formula is C20H34Ge. The summed E-state index contributed by atoms with van der Waals surface area (Å²) in [6.07, 6.45) is 10.8. The van der Waals surface area contributed by atoms with Crippen LogP contribution in [0.15, 0.2) is 35.2 Å². The van der Waals surface area contributed by atoms with Crippen molar-refractivity contribution in [3.05, 3.63) is 40.8 Å². The molecule has 0 atom stereocenters. The summed E-state index contributed by atoms with van der Waals surface area (Å²) in [4.78, 5) is 2.73. The molecule has 0 aliphatic rings. The fraction of sp³-hybridized carbons (Fsp3) is 0.600. The van der Waals surface area contributed by atoms with Crippen molar-refractivity contribution in [2.24, 2.45) is 0 Å². The molecule has 1 rings (SSSR count). The summed E-state index contributed by atoms with van der Waals surface area (Å²) in [7, 11) is 0. The van der Waals surface area contributed by atoms with Crippen molar-refractivity contribution in [2.75, 3.05) is 0 Å². The van der Waals surface area contributed by atoms with Crippen LogP contribution in [0.3, 0.4) is 0 Å². The van der Waals surface area contributed by atoms with Gasteiger partial charge >= 0.3 is 135 Å². The molecule has 0 aliphatic carbocycles. The van der Waals surface area contributed by atoms with E-state index in [1.165, 1.54) is 44.1 Å². The first-order valence-electron chi connectivity index (χ1n) is 9.00. The predicted octanol–water partition coefficient (Wildman–Crippen LogP) is 7.09. The predicted molar refractivity (Wildman–Crippen MR) is 100 cm³/mol. The molecule has 0 N–H and O–H groups in total. The molecule has 0 bridgehead atoms. The van der Waals surface area contributed by atoms with Crippen molar-refractivity contribution in [1.29, 1.82) is 0 Å². The first-order valence-corrected chi connectivity index (χ1v) is 14.7. The van der Waals surface area contributed by atoms with Gasteiger partial charge in [0.05, 0.1) is 0 Å². The second kappa shape index (κ2) is 11.1. The number of benzene rings is 1. The Kier molecular flexibility index (Phi) is 9.82. The van der Waals surface area contributed by atoms with Crippen LogP contribution in [0.5, 0.6) is 0 Å². The van der Waals surface area contributed by atoms with Crippen LogP contribution in [0.1, 0.15) is 64.9 Å². The van der Waals surface area contributed by atoms with Crippen molar-refractivity contribution >= 4 is 19.3 Å². The van der Waals surface area contributed by atoms with E-state index in [0.717, 1.165) is 0 Å². The van der Waals surface area contributed by atoms with Gasteiger partial charge in [0.15, 0.2) is 0 Å². The quantitative estimate of drug-likeness (QED) is 0.375. The maximum atomic E-state index is 2.73. The number of unbranched alkanes of at least 4 members (excludes halogenated alkanes) is 3. The summed E-state index contributed by atoms with van der Waals surface area (Å²) < 4.78 is 0. The molecule has 0 saturated carbocycles. The summed E-state index contributed by atoms with van der Waals surface area (Å²) in [5, 5.41) is 4.62. The Balaban J connectivity index is 2.86. The van der Waals surface area contributed by atoms with Crippen LogP contribution >= 0.6 is 0 Å². The van der Waals surface area contributed by atoms with E-state index < -0.39 is 13.3 Å². The normalized spacial score (nSPS) is 12.1. The second-order valence-corrected chi connectivity index (χ2v) is 16.0. The van der Waals surface area contributed by atoms with Gasteiger partial charge in [-0.3, -0.25) is 0 Å². The molecule has 0 spiro atoms. The molecule has 1 aromatic carbocycles. The molecule has 118 valence electrons. The van der Waals surface area contributed by atoms with Crippen molar-refractivity contribution in [3.8, 4) is 0 Å². The fourth-order valence-electron chi connectivity index (χ4n) is 3.05. The van der Waals surface area contributed by atoms with Gasteiger partial charge in [-0.2, -0.15) is 0 Å². The van der Waals surface area contributed by atoms with Gasteiger partial charge in [0.2, 0.25) is 0 Å². The van der Waals surface area contributed by atoms with E-state index in [1.807, 2.05) is 0 Å². The third kappa shape index (κ3) is 7.35. The minimum atomic E-state index is -1.80. The zero-order chi connectivity index (χ0) is 15.4. The zero-order valence-corrected chi connectivity index (χ0v) is 16.5. The molecule has 0 saturated heterocycles. The van der Waals surface area contributed by atoms with Crippen molar-refractivity contribution in [1.82, 2.24) is 0 Å². The monoisotopic (exact) mass is 348 g/mol. The molecule has 1 heteroatoms. The maximum absolute atomic E-state index is 2.73. The summed E-state index contributed by atoms with van der Waals surface area (Å²) in [6.45, 7) is 7.02. The Bertz CT molecular complexity index is 358. The number of rotatable bonds is 11. The van der Waals surface area contributed by atoms with E-state index in [2.05, 4.69) is 62.1 Å². The van der Waals surface area contributed by atoms with Gasteiger partial charge in [-0.15, -0.1) is 0 Å². The van der Waals surface area contributed by atoms with Crippen LogP contribution in [-0.2, 0) is 0 Å². The molecular weight excluding hydrogens is 313 g/mol. The van der Waals surface area contributed by atoms with Gasteiger partial charge in [0, 0.05) is 0 Å². The van der Waals surface area contributed by atoms with Crippen LogP contribution in [0, 0.1) is 0 Å². The van der Waals surface area contributed by atoms with Gasteiger partial charge < -0.3 is 0 Å². The molecule has 1 aromatic rings. The molecule has 0 fully saturated rings. The summed E-state index contributed by atoms with van der Waals surface area (Å²) >= 11 is -1.80. The van der Waals surface area contributed by atoms with Crippen LogP contribution in [0.25, 0.3) is 6.08 Å². The molecule has 0 unspecified atom stereocenters. The third-order valence-electron chi connectivity index (χ3n) is 4.51. The second-order valence-electron chi connectivity index (χ2n) is 6.42. The Morgan fingerprint density at radius 3 is 1.67 bits per heavy atom. The number of hydrogen-bond acceptors (Lipinski definition) is 0. The van der Waals surface area contributed by atoms with Gasteiger partial charge in [-0.25, -0.2) is 0 Å². The minimum absolute atomic E-state index is 1.35. The third-order valence-corrected chi connectivity index (χ3v) is 14.8. The standard InChI is InChI=1S/C20H34Ge/c1-4-7-16-21(17-8-5-2,18-9-6-3)19-15-20-13-11-10-12-14-20/h10-15,19H,4-9,16-18H2,1-3H3/b19-15+. The Morgan fingerprint density at radius 2 is 1.24 bits per heavy atom. The van der Waals surface area contributed by atoms with Crippen LogP contribution < -0.4 is 0 Å². The first-order chi connectivity index (χ1) is 10.3. The Morgan fingerprint density at radius 1 is 0.762 bits per heavy atom. The van der Waals surface area contributed by atoms with Crippen LogP contribution in [0.4, 0.5) is 0 Å². The van der Waals surface area contributed by atoms with E-state index in [1.54, 1.807) is 15.8 Å². The van der Waals surface area contributed by atoms with Gasteiger partial charge in [0.25, 0.3) is 0 Å². The molecule has 0 aromatic heterocycles. The zero-order valence-electron chi connectivity index (χ0n) is 14.4. The molecule has 21 heavy (non-hydrogen) atoms. The first kappa shape index (κ1) is 18.6. The van der Waals surface area contributed by atoms with Crippen molar-refractivity contribution < 1.29 is 0 Å². The van der Waals surface area contributed by atoms with Crippen molar-refractivity contribution in [3.63, 3.8) is 0 Å². The summed E-state index contributed by atoms with van der Waals surface area (Å²) in [5.74, 6) is 0. The average Bonchev–Trinajstić information content (AvgIpc) is 2.54. The Labute approximate surface area is 135 Å². The van der Waals surface area contributed by atoms with Gasteiger partial charge in [0.1, 0.15) is 0 Å². The van der Waals surface area contributed by atoms with Gasteiger partial charge in [-0.05, 0) is 0 Å². The Hall–Kier alpha value is -0.497. The van der Waals surface area contributed by atoms with E-state index in [0.29, 0.717) is 0 Å². The number of hydrogen-bond donors (Lipinski definition) is 0. The van der Waals surface area contributed by atoms with E-state index in [4.69, 9.17) is 0 Å². The van der Waals surface area contributed by atoms with Crippen molar-refractivity contribution in [2.45, 2.75) is 75.1 Å². The topological polar surface area (TPSA) is 0 Å². The SMILES string of the molecule is CCC[CH2][Ge](/[CH]=C/c1ccccc1)([CH2]CCC)[CH2]CCC. The molecule has 0 nitrogen and oxygen atoms in total. The van der Waals surface area contributed by atoms with E-state index in [-0.39, 0.29) is 0 Å². The molecule has 0 heterocycles. The molecule has 0 amide bonds. The fourth-order valence-corrected chi connectivity index (χ4v) is 13.5. The van der Waals surface area contributed by atoms with Gasteiger partial charge in [-0.1, -0.05) is 0 Å². The van der Waals surface area contributed by atoms with E-state index in [9.17, 15) is 0 Å². The van der Waals surface area contributed by atoms with E-state index >= 15 is 0 Å². The summed E-state index contributed by atoms with van der Waals surface area (Å²) in [6, 6.07) is 10.9. The summed E-state index contributed by atoms with van der Waals surface area (Å²) in [5.41, 5.74) is 1.39.